The molecule has 0 amide bonds. The molecule has 3 saturated heterocycles. The van der Waals surface area contributed by atoms with E-state index in [1.165, 1.54) is 6.92 Å². The van der Waals surface area contributed by atoms with Gasteiger partial charge in [0.15, 0.2) is 18.9 Å². The zero-order chi connectivity index (χ0) is 47.8. The number of aliphatic hydroxyl groups excluding tert-OH is 10. The summed E-state index contributed by atoms with van der Waals surface area (Å²) in [5.74, 6) is -1.30. The third-order valence-electron chi connectivity index (χ3n) is 18.1. The average Bonchev–Trinajstić information content (AvgIpc) is 3.65. The monoisotopic (exact) mass is 931 g/mol. The van der Waals surface area contributed by atoms with Gasteiger partial charge in [-0.2, -0.15) is 0 Å². The Labute approximate surface area is 381 Å². The predicted octanol–water partition coefficient (Wildman–Crippen LogP) is -0.209. The lowest BCUT2D eigenvalue weighted by Crippen LogP contribution is -2.68. The van der Waals surface area contributed by atoms with E-state index in [0.717, 1.165) is 18.3 Å². The smallest absolute Gasteiger partial charge is 0.187 e. The van der Waals surface area contributed by atoms with Crippen LogP contribution in [0, 0.1) is 45.3 Å². The van der Waals surface area contributed by atoms with Crippen molar-refractivity contribution in [1.29, 1.82) is 0 Å². The van der Waals surface area contributed by atoms with Crippen LogP contribution in [0.25, 0.3) is 0 Å². The summed E-state index contributed by atoms with van der Waals surface area (Å²) in [6.07, 6.45) is -13.8. The number of carbonyl (C=O) groups excluding carboxylic acids is 1. The highest BCUT2D eigenvalue weighted by molar-refractivity contribution is 5.62. The van der Waals surface area contributed by atoms with E-state index >= 15 is 0 Å². The zero-order valence-electron chi connectivity index (χ0n) is 39.0. The topological polar surface area (TPSA) is 295 Å². The second-order valence-electron chi connectivity index (χ2n) is 22.1. The largest absolute Gasteiger partial charge is 0.394 e. The summed E-state index contributed by atoms with van der Waals surface area (Å²) in [4.78, 5) is 14.0. The van der Waals surface area contributed by atoms with E-state index in [1.54, 1.807) is 0 Å². The van der Waals surface area contributed by atoms with Crippen molar-refractivity contribution in [2.45, 2.75) is 210 Å². The molecule has 0 aromatic heterocycles. The van der Waals surface area contributed by atoms with Gasteiger partial charge in [0.1, 0.15) is 67.3 Å². The molecule has 3 heterocycles. The molecule has 0 spiro atoms. The molecular formula is C47H78O18. The molecule has 18 heteroatoms. The highest BCUT2D eigenvalue weighted by Gasteiger charge is 2.73. The fourth-order valence-corrected chi connectivity index (χ4v) is 14.2. The highest BCUT2D eigenvalue weighted by atomic mass is 16.8. The Morgan fingerprint density at radius 2 is 1.40 bits per heavy atom. The molecule has 65 heavy (non-hydrogen) atoms. The number of hydrogen-bond donors (Lipinski definition) is 11. The Morgan fingerprint density at radius 1 is 0.738 bits per heavy atom. The summed E-state index contributed by atoms with van der Waals surface area (Å²) < 4.78 is 36.0. The van der Waals surface area contributed by atoms with Crippen LogP contribution in [0.15, 0.2) is 11.6 Å². The number of carbonyl (C=O) groups is 1. The van der Waals surface area contributed by atoms with Crippen molar-refractivity contribution in [3.63, 3.8) is 0 Å². The second kappa shape index (κ2) is 19.1. The molecule has 7 aliphatic rings. The first-order valence-corrected chi connectivity index (χ1v) is 23.8. The third kappa shape index (κ3) is 8.74. The normalized spacial score (nSPS) is 51.8. The Bertz CT molecular complexity index is 1680. The van der Waals surface area contributed by atoms with Gasteiger partial charge in [0.25, 0.3) is 0 Å². The van der Waals surface area contributed by atoms with Crippen LogP contribution in [0.5, 0.6) is 0 Å². The molecule has 4 aliphatic carbocycles. The number of ether oxygens (including phenoxy) is 6. The van der Waals surface area contributed by atoms with Gasteiger partial charge in [-0.25, -0.2) is 0 Å². The lowest BCUT2D eigenvalue weighted by Gasteiger charge is -2.70. The molecule has 11 N–H and O–H groups in total. The van der Waals surface area contributed by atoms with Crippen LogP contribution in [-0.2, 0) is 33.2 Å². The quantitative estimate of drug-likeness (QED) is 0.0647. The molecule has 7 fully saturated rings. The van der Waals surface area contributed by atoms with Gasteiger partial charge in [-0.1, -0.05) is 39.3 Å². The first-order chi connectivity index (χ1) is 30.4. The molecule has 4 saturated carbocycles. The van der Waals surface area contributed by atoms with Crippen molar-refractivity contribution in [2.75, 3.05) is 19.8 Å². The first-order valence-electron chi connectivity index (χ1n) is 23.8. The minimum Gasteiger partial charge on any atom is -0.394 e. The number of aliphatic hydroxyl groups is 11. The van der Waals surface area contributed by atoms with E-state index in [0.29, 0.717) is 44.9 Å². The summed E-state index contributed by atoms with van der Waals surface area (Å²) >= 11 is 0. The maximum atomic E-state index is 14.0. The first kappa shape index (κ1) is 51.6. The number of hydrogen-bond acceptors (Lipinski definition) is 18. The maximum Gasteiger partial charge on any atom is 0.187 e. The Hall–Kier alpha value is -1.27. The average molecular weight is 931 g/mol. The van der Waals surface area contributed by atoms with Gasteiger partial charge in [-0.05, 0) is 118 Å². The molecule has 24 atom stereocenters. The van der Waals surface area contributed by atoms with Crippen molar-refractivity contribution in [3.05, 3.63) is 11.6 Å². The molecule has 3 aliphatic heterocycles. The third-order valence-corrected chi connectivity index (χ3v) is 18.1. The Kier molecular flexibility index (Phi) is 15.2. The number of allylic oxidation sites excluding steroid dienone is 2. The van der Waals surface area contributed by atoms with Crippen molar-refractivity contribution in [3.8, 4) is 0 Å². The van der Waals surface area contributed by atoms with Crippen molar-refractivity contribution in [2.24, 2.45) is 45.3 Å². The van der Waals surface area contributed by atoms with E-state index in [2.05, 4.69) is 27.7 Å². The van der Waals surface area contributed by atoms with Gasteiger partial charge in [0.2, 0.25) is 0 Å². The Balaban J connectivity index is 1.12. The molecular weight excluding hydrogens is 852 g/mol. The standard InChI is InChI=1S/C47H78O18/c1-22(2)9-8-13-47(59,21-61-40-37(57)36(56)34(54)27(18-48)63-40)24-10-14-45(7)31(24)25(50)17-29-44(45,6)15-11-28-43(4,5)30(12-16-46(28,29)20-49)64-42-39(33(53)26(51)19-60-42)65-41-38(58)35(55)32(52)23(3)62-41/h9,20,23-42,48,50-59H,8,10-19,21H2,1-7H3. The fourth-order valence-electron chi connectivity index (χ4n) is 14.2. The van der Waals surface area contributed by atoms with Gasteiger partial charge in [0.05, 0.1) is 43.7 Å². The molecule has 0 radical (unpaired) electrons. The predicted molar refractivity (Wildman–Crippen MR) is 228 cm³/mol. The van der Waals surface area contributed by atoms with Gasteiger partial charge >= 0.3 is 0 Å². The van der Waals surface area contributed by atoms with E-state index < -0.39 is 144 Å². The van der Waals surface area contributed by atoms with E-state index in [4.69, 9.17) is 28.4 Å². The zero-order valence-corrected chi connectivity index (χ0v) is 39.0. The fraction of sp³-hybridized carbons (Fsp3) is 0.936. The lowest BCUT2D eigenvalue weighted by atomic mass is 9.35. The molecule has 0 aromatic carbocycles. The lowest BCUT2D eigenvalue weighted by molar-refractivity contribution is -0.364. The van der Waals surface area contributed by atoms with Crippen LogP contribution in [0.4, 0.5) is 0 Å². The van der Waals surface area contributed by atoms with Crippen LogP contribution in [0.1, 0.15) is 106 Å². The van der Waals surface area contributed by atoms with E-state index in [1.807, 2.05) is 19.9 Å². The number of aldehydes is 1. The van der Waals surface area contributed by atoms with Gasteiger partial charge in [0, 0.05) is 5.41 Å². The Morgan fingerprint density at radius 3 is 2.06 bits per heavy atom. The van der Waals surface area contributed by atoms with Gasteiger partial charge < -0.3 is 89.4 Å². The maximum absolute atomic E-state index is 14.0. The highest BCUT2D eigenvalue weighted by Crippen LogP contribution is 2.75. The molecule has 0 aromatic rings. The molecule has 18 nitrogen and oxygen atoms in total. The van der Waals surface area contributed by atoms with Crippen molar-refractivity contribution < 1.29 is 89.4 Å². The second-order valence-corrected chi connectivity index (χ2v) is 22.1. The minimum absolute atomic E-state index is 0.207. The SMILES string of the molecule is CC(C)=CCCC(O)(COC1OC(CO)C(O)C(O)C1O)C1CCC2(C)C1C(O)CC1C3(C=O)CCC(OC4OCC(O)C(O)C4OC4OC(C)C(O)C(O)C4O)C(C)(C)C3CCC12C. The van der Waals surface area contributed by atoms with Crippen molar-refractivity contribution in [1.82, 2.24) is 0 Å². The van der Waals surface area contributed by atoms with Crippen LogP contribution >= 0.6 is 0 Å². The summed E-state index contributed by atoms with van der Waals surface area (Å²) in [6, 6.07) is 0. The van der Waals surface area contributed by atoms with Crippen molar-refractivity contribution >= 4 is 6.29 Å². The molecule has 24 unspecified atom stereocenters. The number of fused-ring (bicyclic) bond motifs is 5. The van der Waals surface area contributed by atoms with Crippen LogP contribution in [-0.4, -0.2) is 186 Å². The van der Waals surface area contributed by atoms with Gasteiger partial charge in [-0.3, -0.25) is 0 Å². The summed E-state index contributed by atoms with van der Waals surface area (Å²) in [6.45, 7) is 12.8. The van der Waals surface area contributed by atoms with Crippen LogP contribution < -0.4 is 0 Å². The van der Waals surface area contributed by atoms with Crippen LogP contribution in [0.3, 0.4) is 0 Å². The summed E-state index contributed by atoms with van der Waals surface area (Å²) in [5, 5.41) is 120. The molecule has 374 valence electrons. The molecule has 0 bridgehead atoms. The molecule has 7 rings (SSSR count). The van der Waals surface area contributed by atoms with Gasteiger partial charge in [-0.15, -0.1) is 0 Å². The minimum atomic E-state index is -1.67. The van der Waals surface area contributed by atoms with E-state index in [9.17, 15) is 61.0 Å². The number of rotatable bonds is 13. The summed E-state index contributed by atoms with van der Waals surface area (Å²) in [5.41, 5.74) is -2.97. The summed E-state index contributed by atoms with van der Waals surface area (Å²) in [7, 11) is 0. The van der Waals surface area contributed by atoms with E-state index in [-0.39, 0.29) is 31.5 Å². The van der Waals surface area contributed by atoms with Crippen LogP contribution in [0.2, 0.25) is 0 Å².